The monoisotopic (exact) mass is 304 g/mol. The van der Waals surface area contributed by atoms with Crippen molar-refractivity contribution in [3.8, 4) is 0 Å². The molecule has 0 aliphatic carbocycles. The van der Waals surface area contributed by atoms with Crippen LogP contribution in [0.2, 0.25) is 0 Å². The maximum Gasteiger partial charge on any atom is 0.333 e. The van der Waals surface area contributed by atoms with E-state index in [0.29, 0.717) is 0 Å². The number of carbonyl (C=O) groups excluding carboxylic acids is 1. The van der Waals surface area contributed by atoms with Gasteiger partial charge in [-0.3, -0.25) is 9.59 Å². The fraction of sp³-hybridized carbons (Fsp3) is 0.455. The van der Waals surface area contributed by atoms with Gasteiger partial charge in [-0.15, -0.1) is 3.89 Å². The molecule has 9 heteroatoms. The number of aliphatic carboxylic acids is 1. The highest BCUT2D eigenvalue weighted by molar-refractivity contribution is 7.86. The number of carboxylic acids is 1. The maximum atomic E-state index is 12.8. The van der Waals surface area contributed by atoms with E-state index in [-0.39, 0.29) is 24.7 Å². The number of hydrogen-bond donors (Lipinski definition) is 2. The van der Waals surface area contributed by atoms with Gasteiger partial charge in [0.05, 0.1) is 5.92 Å². The molecule has 1 saturated heterocycles. The van der Waals surface area contributed by atoms with Crippen LogP contribution in [0.1, 0.15) is 17.4 Å². The van der Waals surface area contributed by atoms with Crippen LogP contribution in [0.4, 0.5) is 3.89 Å². The summed E-state index contributed by atoms with van der Waals surface area (Å²) in [6, 6.07) is 0.899. The molecule has 0 bridgehead atoms. The van der Waals surface area contributed by atoms with Crippen LogP contribution in [-0.2, 0) is 15.0 Å². The molecule has 20 heavy (non-hydrogen) atoms. The fourth-order valence-corrected chi connectivity index (χ4v) is 2.72. The predicted octanol–water partition coefficient (Wildman–Crippen LogP) is 0.466. The number of carboxylic acid groups (broad SMARTS) is 1. The Balaban J connectivity index is 2.17. The first-order valence-electron chi connectivity index (χ1n) is 5.85. The van der Waals surface area contributed by atoms with Crippen molar-refractivity contribution in [2.45, 2.75) is 11.8 Å². The molecule has 1 amide bonds. The summed E-state index contributed by atoms with van der Waals surface area (Å²) in [4.78, 5) is 26.1. The van der Waals surface area contributed by atoms with Gasteiger partial charge in [-0.1, -0.05) is 6.92 Å². The van der Waals surface area contributed by atoms with Crippen molar-refractivity contribution in [2.75, 3.05) is 13.1 Å². The molecule has 2 N–H and O–H groups in total. The first-order valence-corrected chi connectivity index (χ1v) is 7.23. The van der Waals surface area contributed by atoms with Crippen molar-refractivity contribution in [3.05, 3.63) is 18.0 Å². The molecule has 0 unspecified atom stereocenters. The second-order valence-corrected chi connectivity index (χ2v) is 6.17. The molecule has 7 nitrogen and oxygen atoms in total. The lowest BCUT2D eigenvalue weighted by Gasteiger charge is -2.14. The maximum absolute atomic E-state index is 12.8. The Morgan fingerprint density at radius 1 is 1.45 bits per heavy atom. The third kappa shape index (κ3) is 2.67. The normalized spacial score (nSPS) is 23.0. The lowest BCUT2D eigenvalue weighted by atomic mass is 9.99. The highest BCUT2D eigenvalue weighted by Gasteiger charge is 2.37. The van der Waals surface area contributed by atoms with Crippen LogP contribution in [0.25, 0.3) is 0 Å². The third-order valence-electron chi connectivity index (χ3n) is 3.39. The minimum absolute atomic E-state index is 0.0477. The molecular weight excluding hydrogens is 291 g/mol. The number of aromatic amines is 1. The van der Waals surface area contributed by atoms with Gasteiger partial charge in [0.15, 0.2) is 0 Å². The lowest BCUT2D eigenvalue weighted by Crippen LogP contribution is -2.30. The summed E-state index contributed by atoms with van der Waals surface area (Å²) >= 11 is 0. The van der Waals surface area contributed by atoms with Crippen LogP contribution in [0.3, 0.4) is 0 Å². The molecule has 2 heterocycles. The van der Waals surface area contributed by atoms with Crippen LogP contribution >= 0.6 is 0 Å². The minimum Gasteiger partial charge on any atom is -0.481 e. The van der Waals surface area contributed by atoms with E-state index in [9.17, 15) is 21.9 Å². The van der Waals surface area contributed by atoms with Crippen LogP contribution in [0.15, 0.2) is 17.2 Å². The number of H-pyrrole nitrogens is 1. The van der Waals surface area contributed by atoms with Gasteiger partial charge in [-0.25, -0.2) is 0 Å². The van der Waals surface area contributed by atoms with Crippen molar-refractivity contribution in [2.24, 2.45) is 11.8 Å². The Labute approximate surface area is 114 Å². The fourth-order valence-electron chi connectivity index (χ4n) is 2.26. The van der Waals surface area contributed by atoms with E-state index in [4.69, 9.17) is 5.11 Å². The van der Waals surface area contributed by atoms with E-state index >= 15 is 0 Å². The summed E-state index contributed by atoms with van der Waals surface area (Å²) < 4.78 is 34.1. The number of aromatic nitrogens is 1. The molecule has 0 aromatic carbocycles. The van der Waals surface area contributed by atoms with E-state index in [0.717, 1.165) is 12.3 Å². The smallest absolute Gasteiger partial charge is 0.333 e. The molecule has 0 spiro atoms. The van der Waals surface area contributed by atoms with E-state index < -0.39 is 32.9 Å². The summed E-state index contributed by atoms with van der Waals surface area (Å²) in [5.41, 5.74) is -0.0838. The Morgan fingerprint density at radius 3 is 2.55 bits per heavy atom. The van der Waals surface area contributed by atoms with Gasteiger partial charge in [-0.05, 0) is 12.0 Å². The van der Waals surface area contributed by atoms with Crippen molar-refractivity contribution in [3.63, 3.8) is 0 Å². The molecule has 2 rings (SSSR count). The van der Waals surface area contributed by atoms with Gasteiger partial charge in [-0.2, -0.15) is 8.42 Å². The van der Waals surface area contributed by atoms with Crippen LogP contribution in [-0.4, -0.2) is 48.4 Å². The molecular formula is C11H13FN2O5S. The lowest BCUT2D eigenvalue weighted by molar-refractivity contribution is -0.142. The molecule has 1 aromatic rings. The Hall–Kier alpha value is -1.90. The van der Waals surface area contributed by atoms with Crippen LogP contribution in [0, 0.1) is 11.8 Å². The second kappa shape index (κ2) is 4.89. The van der Waals surface area contributed by atoms with Gasteiger partial charge < -0.3 is 15.0 Å². The standard InChI is InChI=1S/C11H13FN2O5S/c1-6-4-14(5-8(6)11(16)17)10(15)9-2-7(3-13-9)20(12,18)19/h2-3,6,8,13H,4-5H2,1H3,(H,16,17)/t6-,8-/m1/s1. The van der Waals surface area contributed by atoms with Gasteiger partial charge in [0, 0.05) is 19.3 Å². The number of carbonyl (C=O) groups is 2. The number of halogens is 1. The van der Waals surface area contributed by atoms with Gasteiger partial charge in [0.25, 0.3) is 5.91 Å². The second-order valence-electron chi connectivity index (χ2n) is 4.82. The van der Waals surface area contributed by atoms with Gasteiger partial charge in [0.2, 0.25) is 0 Å². The molecule has 2 atom stereocenters. The number of rotatable bonds is 3. The van der Waals surface area contributed by atoms with Gasteiger partial charge >= 0.3 is 16.2 Å². The summed E-state index contributed by atoms with van der Waals surface area (Å²) in [6.07, 6.45) is 0.886. The molecule has 110 valence electrons. The number of nitrogens with one attached hydrogen (secondary N) is 1. The number of hydrogen-bond acceptors (Lipinski definition) is 4. The van der Waals surface area contributed by atoms with Crippen LogP contribution in [0.5, 0.6) is 0 Å². The van der Waals surface area contributed by atoms with Gasteiger partial charge in [0.1, 0.15) is 10.6 Å². The molecule has 1 aliphatic heterocycles. The molecule has 0 saturated carbocycles. The quantitative estimate of drug-likeness (QED) is 0.789. The molecule has 1 aromatic heterocycles. The average molecular weight is 304 g/mol. The Morgan fingerprint density at radius 2 is 2.10 bits per heavy atom. The summed E-state index contributed by atoms with van der Waals surface area (Å²) in [6.45, 7) is 2.02. The third-order valence-corrected chi connectivity index (χ3v) is 4.18. The summed E-state index contributed by atoms with van der Waals surface area (Å²) in [5, 5.41) is 8.99. The predicted molar refractivity (Wildman–Crippen MR) is 65.3 cm³/mol. The number of amides is 1. The SMILES string of the molecule is C[C@@H]1CN(C(=O)c2cc(S(=O)(=O)F)c[nH]2)C[C@H]1C(=O)O. The van der Waals surface area contributed by atoms with E-state index in [1.807, 2.05) is 0 Å². The number of nitrogens with zero attached hydrogens (tertiary/aromatic N) is 1. The van der Waals surface area contributed by atoms with E-state index in [1.54, 1.807) is 6.92 Å². The average Bonchev–Trinajstić information content (AvgIpc) is 2.93. The van der Waals surface area contributed by atoms with Crippen molar-refractivity contribution in [1.82, 2.24) is 9.88 Å². The largest absolute Gasteiger partial charge is 0.481 e. The first-order chi connectivity index (χ1) is 9.20. The van der Waals surface area contributed by atoms with E-state index in [2.05, 4.69) is 4.98 Å². The molecule has 0 radical (unpaired) electrons. The topological polar surface area (TPSA) is 108 Å². The van der Waals surface area contributed by atoms with Crippen molar-refractivity contribution >= 4 is 22.1 Å². The van der Waals surface area contributed by atoms with Crippen LogP contribution < -0.4 is 0 Å². The zero-order chi connectivity index (χ0) is 15.1. The summed E-state index contributed by atoms with van der Waals surface area (Å²) in [5.74, 6) is -2.38. The zero-order valence-corrected chi connectivity index (χ0v) is 11.4. The Bertz CT molecular complexity index is 654. The Kier molecular flexibility index (Phi) is 3.55. The zero-order valence-electron chi connectivity index (χ0n) is 10.5. The number of likely N-dealkylation sites (tertiary alicyclic amines) is 1. The van der Waals surface area contributed by atoms with Crippen molar-refractivity contribution < 1.29 is 27.0 Å². The highest BCUT2D eigenvalue weighted by Crippen LogP contribution is 2.25. The molecule has 1 aliphatic rings. The van der Waals surface area contributed by atoms with E-state index in [1.165, 1.54) is 4.90 Å². The highest BCUT2D eigenvalue weighted by atomic mass is 32.3. The van der Waals surface area contributed by atoms with Crippen molar-refractivity contribution in [1.29, 1.82) is 0 Å². The summed E-state index contributed by atoms with van der Waals surface area (Å²) in [7, 11) is -4.87. The minimum atomic E-state index is -4.87. The first kappa shape index (κ1) is 14.5. The molecule has 1 fully saturated rings.